The maximum atomic E-state index is 5.90. The van der Waals surface area contributed by atoms with Gasteiger partial charge in [-0.3, -0.25) is 4.99 Å². The van der Waals surface area contributed by atoms with E-state index in [1.54, 1.807) is 11.3 Å². The first-order chi connectivity index (χ1) is 9.42. The Balaban J connectivity index is 0.00000121. The van der Waals surface area contributed by atoms with Crippen LogP contribution in [0.15, 0.2) is 50.5 Å². The molecular weight excluding hydrogens is 292 g/mol. The molecule has 0 spiro atoms. The van der Waals surface area contributed by atoms with Crippen molar-refractivity contribution in [2.75, 3.05) is 13.1 Å². The van der Waals surface area contributed by atoms with Crippen LogP contribution in [-0.4, -0.2) is 18.9 Å². The minimum Gasteiger partial charge on any atom is -0.453 e. The van der Waals surface area contributed by atoms with E-state index in [9.17, 15) is 0 Å². The molecule has 4 rings (SSSR count). The Morgan fingerprint density at radius 3 is 2.95 bits per heavy atom. The fourth-order valence-corrected chi connectivity index (χ4v) is 3.07. The lowest BCUT2D eigenvalue weighted by Gasteiger charge is -1.98. The van der Waals surface area contributed by atoms with E-state index in [1.165, 1.54) is 11.1 Å². The first-order valence-electron chi connectivity index (χ1n) is 6.26. The molecule has 0 amide bonds. The van der Waals surface area contributed by atoms with Crippen LogP contribution in [0.5, 0.6) is 0 Å². The number of halogens is 1. The molecule has 0 radical (unpaired) electrons. The molecule has 3 nitrogen and oxygen atoms in total. The number of hydrogen-bond donors (Lipinski definition) is 1. The summed E-state index contributed by atoms with van der Waals surface area (Å²) in [7, 11) is 0. The molecule has 1 N–H and O–H groups in total. The van der Waals surface area contributed by atoms with Crippen molar-refractivity contribution in [1.82, 2.24) is 5.32 Å². The van der Waals surface area contributed by atoms with Crippen molar-refractivity contribution >= 4 is 40.5 Å². The third kappa shape index (κ3) is 2.11. The highest BCUT2D eigenvalue weighted by Gasteiger charge is 2.15. The summed E-state index contributed by atoms with van der Waals surface area (Å²) >= 11 is 1.71. The standard InChI is InChI=1S/C15H12N2OS.ClH/c1-2-11(10-4-7-19-9-10)12-8-14(18-13(12)3-1)15-16-5-6-17-15;/h1-4,7-9H,5-6H2,(H,16,17);1H. The van der Waals surface area contributed by atoms with Crippen LogP contribution in [0, 0.1) is 0 Å². The normalized spacial score (nSPS) is 13.9. The van der Waals surface area contributed by atoms with Crippen molar-refractivity contribution in [2.24, 2.45) is 4.99 Å². The highest BCUT2D eigenvalue weighted by molar-refractivity contribution is 7.08. The summed E-state index contributed by atoms with van der Waals surface area (Å²) in [6.07, 6.45) is 0. The Kier molecular flexibility index (Phi) is 3.51. The van der Waals surface area contributed by atoms with Crippen molar-refractivity contribution < 1.29 is 4.42 Å². The van der Waals surface area contributed by atoms with E-state index in [4.69, 9.17) is 4.42 Å². The second-order valence-electron chi connectivity index (χ2n) is 4.50. The van der Waals surface area contributed by atoms with Crippen molar-refractivity contribution in [2.45, 2.75) is 0 Å². The van der Waals surface area contributed by atoms with E-state index < -0.39 is 0 Å². The number of benzene rings is 1. The van der Waals surface area contributed by atoms with Crippen LogP contribution in [0.25, 0.3) is 22.1 Å². The summed E-state index contributed by atoms with van der Waals surface area (Å²) in [4.78, 5) is 4.41. The average molecular weight is 305 g/mol. The zero-order valence-electron chi connectivity index (χ0n) is 10.6. The van der Waals surface area contributed by atoms with Crippen molar-refractivity contribution in [3.8, 4) is 11.1 Å². The third-order valence-electron chi connectivity index (χ3n) is 3.30. The van der Waals surface area contributed by atoms with Gasteiger partial charge in [0.15, 0.2) is 11.6 Å². The quantitative estimate of drug-likeness (QED) is 0.779. The number of nitrogens with zero attached hydrogens (tertiary/aromatic N) is 1. The van der Waals surface area contributed by atoms with Crippen LogP contribution in [-0.2, 0) is 0 Å². The van der Waals surface area contributed by atoms with Gasteiger partial charge in [-0.05, 0) is 40.1 Å². The topological polar surface area (TPSA) is 37.5 Å². The van der Waals surface area contributed by atoms with Gasteiger partial charge in [-0.25, -0.2) is 0 Å². The number of hydrogen-bond acceptors (Lipinski definition) is 4. The Bertz CT molecular complexity index is 761. The third-order valence-corrected chi connectivity index (χ3v) is 3.98. The Morgan fingerprint density at radius 1 is 1.25 bits per heavy atom. The minimum atomic E-state index is 0. The largest absolute Gasteiger partial charge is 0.453 e. The van der Waals surface area contributed by atoms with E-state index >= 15 is 0 Å². The molecule has 0 unspecified atom stereocenters. The monoisotopic (exact) mass is 304 g/mol. The predicted octanol–water partition coefficient (Wildman–Crippen LogP) is 3.93. The second kappa shape index (κ2) is 5.31. The summed E-state index contributed by atoms with van der Waals surface area (Å²) in [5.41, 5.74) is 3.37. The lowest BCUT2D eigenvalue weighted by atomic mass is 10.0. The van der Waals surface area contributed by atoms with E-state index in [0.717, 1.165) is 35.7 Å². The zero-order chi connectivity index (χ0) is 12.7. The smallest absolute Gasteiger partial charge is 0.170 e. The highest BCUT2D eigenvalue weighted by atomic mass is 35.5. The van der Waals surface area contributed by atoms with Gasteiger partial charge in [0.25, 0.3) is 0 Å². The summed E-state index contributed by atoms with van der Waals surface area (Å²) in [5.74, 6) is 1.70. The molecule has 0 aliphatic carbocycles. The molecule has 0 fully saturated rings. The molecule has 1 aromatic carbocycles. The van der Waals surface area contributed by atoms with Crippen LogP contribution in [0.3, 0.4) is 0 Å². The van der Waals surface area contributed by atoms with Crippen molar-refractivity contribution in [1.29, 1.82) is 0 Å². The molecule has 5 heteroatoms. The predicted molar refractivity (Wildman–Crippen MR) is 86.2 cm³/mol. The Hall–Kier alpha value is -1.78. The molecule has 0 atom stereocenters. The van der Waals surface area contributed by atoms with Crippen molar-refractivity contribution in [3.05, 3.63) is 46.9 Å². The van der Waals surface area contributed by atoms with Gasteiger partial charge in [0.1, 0.15) is 5.58 Å². The summed E-state index contributed by atoms with van der Waals surface area (Å²) in [6, 6.07) is 10.4. The first kappa shape index (κ1) is 13.2. The van der Waals surface area contributed by atoms with E-state index in [2.05, 4.69) is 39.3 Å². The maximum absolute atomic E-state index is 5.90. The van der Waals surface area contributed by atoms with Gasteiger partial charge in [0.05, 0.1) is 6.54 Å². The van der Waals surface area contributed by atoms with Crippen LogP contribution in [0.2, 0.25) is 0 Å². The van der Waals surface area contributed by atoms with Gasteiger partial charge in [-0.2, -0.15) is 11.3 Å². The molecule has 0 bridgehead atoms. The molecule has 20 heavy (non-hydrogen) atoms. The maximum Gasteiger partial charge on any atom is 0.170 e. The van der Waals surface area contributed by atoms with Crippen LogP contribution in [0.4, 0.5) is 0 Å². The van der Waals surface area contributed by atoms with Gasteiger partial charge in [-0.15, -0.1) is 12.4 Å². The van der Waals surface area contributed by atoms with Crippen molar-refractivity contribution in [3.63, 3.8) is 0 Å². The van der Waals surface area contributed by atoms with Gasteiger partial charge < -0.3 is 9.73 Å². The SMILES string of the molecule is Cl.c1cc(-c2ccsc2)c2cc(C3=NCCN3)oc2c1. The molecule has 102 valence electrons. The number of rotatable bonds is 2. The summed E-state index contributed by atoms with van der Waals surface area (Å²) in [5, 5.41) is 8.65. The van der Waals surface area contributed by atoms with E-state index in [0.29, 0.717) is 0 Å². The van der Waals surface area contributed by atoms with Crippen LogP contribution < -0.4 is 5.32 Å². The van der Waals surface area contributed by atoms with E-state index in [-0.39, 0.29) is 12.4 Å². The molecular formula is C15H13ClN2OS. The van der Waals surface area contributed by atoms with Crippen LogP contribution >= 0.6 is 23.7 Å². The number of thiophene rings is 1. The molecule has 3 aromatic rings. The lowest BCUT2D eigenvalue weighted by molar-refractivity contribution is 0.602. The number of furan rings is 1. The number of amidine groups is 1. The second-order valence-corrected chi connectivity index (χ2v) is 5.28. The first-order valence-corrected chi connectivity index (χ1v) is 7.20. The number of fused-ring (bicyclic) bond motifs is 1. The lowest BCUT2D eigenvalue weighted by Crippen LogP contribution is -2.18. The fourth-order valence-electron chi connectivity index (χ4n) is 2.41. The number of aliphatic imine (C=N–C) groups is 1. The van der Waals surface area contributed by atoms with Gasteiger partial charge in [0.2, 0.25) is 0 Å². The molecule has 3 heterocycles. The van der Waals surface area contributed by atoms with Crippen LogP contribution in [0.1, 0.15) is 5.76 Å². The Labute approximate surface area is 126 Å². The zero-order valence-corrected chi connectivity index (χ0v) is 12.3. The molecule has 0 saturated heterocycles. The van der Waals surface area contributed by atoms with E-state index in [1.807, 2.05) is 12.1 Å². The average Bonchev–Trinajstić information content (AvgIpc) is 3.18. The molecule has 2 aromatic heterocycles. The Morgan fingerprint density at radius 2 is 2.20 bits per heavy atom. The van der Waals surface area contributed by atoms with Gasteiger partial charge >= 0.3 is 0 Å². The molecule has 0 saturated carbocycles. The summed E-state index contributed by atoms with van der Waals surface area (Å²) < 4.78 is 5.90. The molecule has 1 aliphatic rings. The summed E-state index contributed by atoms with van der Waals surface area (Å²) in [6.45, 7) is 1.72. The number of nitrogens with one attached hydrogen (secondary N) is 1. The fraction of sp³-hybridized carbons (Fsp3) is 0.133. The van der Waals surface area contributed by atoms with Gasteiger partial charge in [-0.1, -0.05) is 12.1 Å². The van der Waals surface area contributed by atoms with Gasteiger partial charge in [0, 0.05) is 11.9 Å². The molecule has 1 aliphatic heterocycles. The highest BCUT2D eigenvalue weighted by Crippen LogP contribution is 2.32. The minimum absolute atomic E-state index is 0.